The fraction of sp³-hybridized carbons (Fsp3) is 0.176. The van der Waals surface area contributed by atoms with Crippen molar-refractivity contribution in [3.63, 3.8) is 0 Å². The van der Waals surface area contributed by atoms with E-state index in [0.29, 0.717) is 11.3 Å². The number of halogens is 2. The highest BCUT2D eigenvalue weighted by atomic mass is 35.5. The minimum Gasteiger partial charge on any atom is -0.326 e. The van der Waals surface area contributed by atoms with Gasteiger partial charge < -0.3 is 10.6 Å². The summed E-state index contributed by atoms with van der Waals surface area (Å²) in [5.74, 6) is -1.03. The highest BCUT2D eigenvalue weighted by molar-refractivity contribution is 6.30. The standard InChI is InChI=1S/C17H14ClFN2O2/c18-12-6-7-15(14(19)9-12)21-17(23)11-2-1-3-13(8-11)20-16(22)10-4-5-10/h1-3,6-10H,4-5H2,(H,20,22)(H,21,23). The zero-order valence-electron chi connectivity index (χ0n) is 12.1. The van der Waals surface area contributed by atoms with Gasteiger partial charge >= 0.3 is 0 Å². The van der Waals surface area contributed by atoms with Crippen molar-refractivity contribution >= 4 is 34.8 Å². The molecule has 1 aliphatic carbocycles. The van der Waals surface area contributed by atoms with Gasteiger partial charge in [0.25, 0.3) is 5.91 Å². The maximum atomic E-state index is 13.7. The van der Waals surface area contributed by atoms with Crippen LogP contribution in [0.15, 0.2) is 42.5 Å². The third-order valence-electron chi connectivity index (χ3n) is 3.52. The van der Waals surface area contributed by atoms with Gasteiger partial charge in [0.05, 0.1) is 5.69 Å². The topological polar surface area (TPSA) is 58.2 Å². The Morgan fingerprint density at radius 3 is 2.57 bits per heavy atom. The van der Waals surface area contributed by atoms with Crippen molar-refractivity contribution in [1.29, 1.82) is 0 Å². The summed E-state index contributed by atoms with van der Waals surface area (Å²) in [7, 11) is 0. The number of anilines is 2. The van der Waals surface area contributed by atoms with Gasteiger partial charge in [-0.25, -0.2) is 4.39 Å². The number of nitrogens with one attached hydrogen (secondary N) is 2. The Kier molecular flexibility index (Phi) is 4.30. The highest BCUT2D eigenvalue weighted by Crippen LogP contribution is 2.30. The second kappa shape index (κ2) is 6.38. The summed E-state index contributed by atoms with van der Waals surface area (Å²) in [6, 6.07) is 10.5. The van der Waals surface area contributed by atoms with Crippen LogP contribution in [0.25, 0.3) is 0 Å². The molecular formula is C17H14ClFN2O2. The van der Waals surface area contributed by atoms with E-state index in [1.54, 1.807) is 24.3 Å². The Morgan fingerprint density at radius 1 is 1.09 bits per heavy atom. The van der Waals surface area contributed by atoms with Crippen LogP contribution < -0.4 is 10.6 Å². The third kappa shape index (κ3) is 3.87. The number of carbonyl (C=O) groups excluding carboxylic acids is 2. The Morgan fingerprint density at radius 2 is 1.87 bits per heavy atom. The van der Waals surface area contributed by atoms with E-state index in [2.05, 4.69) is 10.6 Å². The van der Waals surface area contributed by atoms with Crippen molar-refractivity contribution in [2.24, 2.45) is 5.92 Å². The summed E-state index contributed by atoms with van der Waals surface area (Å²) in [5.41, 5.74) is 0.922. The first-order valence-electron chi connectivity index (χ1n) is 7.20. The largest absolute Gasteiger partial charge is 0.326 e. The van der Waals surface area contributed by atoms with Crippen molar-refractivity contribution in [2.45, 2.75) is 12.8 Å². The van der Waals surface area contributed by atoms with Gasteiger partial charge in [-0.15, -0.1) is 0 Å². The summed E-state index contributed by atoms with van der Waals surface area (Å²) in [6.45, 7) is 0. The van der Waals surface area contributed by atoms with E-state index in [4.69, 9.17) is 11.6 Å². The van der Waals surface area contributed by atoms with E-state index in [0.717, 1.165) is 18.9 Å². The molecule has 0 radical (unpaired) electrons. The van der Waals surface area contributed by atoms with Crippen LogP contribution in [0.2, 0.25) is 5.02 Å². The van der Waals surface area contributed by atoms with E-state index < -0.39 is 11.7 Å². The van der Waals surface area contributed by atoms with E-state index in [-0.39, 0.29) is 22.5 Å². The van der Waals surface area contributed by atoms with Crippen molar-refractivity contribution in [3.05, 3.63) is 58.9 Å². The van der Waals surface area contributed by atoms with E-state index in [9.17, 15) is 14.0 Å². The van der Waals surface area contributed by atoms with E-state index in [1.165, 1.54) is 12.1 Å². The molecule has 0 spiro atoms. The summed E-state index contributed by atoms with van der Waals surface area (Å²) in [5, 5.41) is 5.51. The van der Waals surface area contributed by atoms with Gasteiger partial charge in [-0.1, -0.05) is 17.7 Å². The minimum absolute atomic E-state index is 0.0358. The number of hydrogen-bond donors (Lipinski definition) is 2. The molecule has 1 fully saturated rings. The zero-order chi connectivity index (χ0) is 16.4. The van der Waals surface area contributed by atoms with Crippen molar-refractivity contribution in [2.75, 3.05) is 10.6 Å². The molecule has 118 valence electrons. The van der Waals surface area contributed by atoms with Gasteiger partial charge in [-0.3, -0.25) is 9.59 Å². The average molecular weight is 333 g/mol. The van der Waals surface area contributed by atoms with Crippen molar-refractivity contribution in [1.82, 2.24) is 0 Å². The number of amides is 2. The van der Waals surface area contributed by atoms with Gasteiger partial charge in [-0.05, 0) is 49.2 Å². The third-order valence-corrected chi connectivity index (χ3v) is 3.75. The van der Waals surface area contributed by atoms with Crippen LogP contribution in [0.1, 0.15) is 23.2 Å². The molecule has 0 aliphatic heterocycles. The Labute approximate surface area is 137 Å². The van der Waals surface area contributed by atoms with Crippen LogP contribution in [-0.2, 0) is 4.79 Å². The van der Waals surface area contributed by atoms with Gasteiger partial charge in [0.1, 0.15) is 5.82 Å². The molecule has 2 amide bonds. The summed E-state index contributed by atoms with van der Waals surface area (Å²) in [4.78, 5) is 24.0. The molecule has 1 saturated carbocycles. The maximum Gasteiger partial charge on any atom is 0.255 e. The monoisotopic (exact) mass is 332 g/mol. The van der Waals surface area contributed by atoms with E-state index >= 15 is 0 Å². The number of carbonyl (C=O) groups is 2. The van der Waals surface area contributed by atoms with Gasteiger partial charge in [-0.2, -0.15) is 0 Å². The lowest BCUT2D eigenvalue weighted by atomic mass is 10.1. The Balaban J connectivity index is 1.72. The fourth-order valence-electron chi connectivity index (χ4n) is 2.11. The number of rotatable bonds is 4. The second-order valence-corrected chi connectivity index (χ2v) is 5.86. The molecule has 2 aromatic rings. The van der Waals surface area contributed by atoms with Crippen molar-refractivity contribution < 1.29 is 14.0 Å². The Bertz CT molecular complexity index is 775. The van der Waals surface area contributed by atoms with Crippen LogP contribution in [0.3, 0.4) is 0 Å². The highest BCUT2D eigenvalue weighted by Gasteiger charge is 2.29. The molecule has 0 aromatic heterocycles. The van der Waals surface area contributed by atoms with Gasteiger partial charge in [0, 0.05) is 22.2 Å². The molecule has 0 unspecified atom stereocenters. The lowest BCUT2D eigenvalue weighted by molar-refractivity contribution is -0.117. The molecule has 23 heavy (non-hydrogen) atoms. The first kappa shape index (κ1) is 15.5. The second-order valence-electron chi connectivity index (χ2n) is 5.42. The predicted octanol–water partition coefficient (Wildman–Crippen LogP) is 4.08. The van der Waals surface area contributed by atoms with Crippen LogP contribution in [0.4, 0.5) is 15.8 Å². The first-order chi connectivity index (χ1) is 11.0. The normalized spacial score (nSPS) is 13.5. The Hall–Kier alpha value is -2.40. The molecule has 0 bridgehead atoms. The molecule has 0 saturated heterocycles. The molecule has 1 aliphatic rings. The number of hydrogen-bond acceptors (Lipinski definition) is 2. The summed E-state index contributed by atoms with van der Waals surface area (Å²) >= 11 is 5.68. The fourth-order valence-corrected chi connectivity index (χ4v) is 2.27. The molecular weight excluding hydrogens is 319 g/mol. The predicted molar refractivity (Wildman–Crippen MR) is 87.2 cm³/mol. The quantitative estimate of drug-likeness (QED) is 0.886. The van der Waals surface area contributed by atoms with Crippen LogP contribution >= 0.6 is 11.6 Å². The van der Waals surface area contributed by atoms with Crippen LogP contribution in [0.5, 0.6) is 0 Å². The summed E-state index contributed by atoms with van der Waals surface area (Å²) < 4.78 is 13.7. The van der Waals surface area contributed by atoms with Crippen molar-refractivity contribution in [3.8, 4) is 0 Å². The molecule has 4 nitrogen and oxygen atoms in total. The average Bonchev–Trinajstić information content (AvgIpc) is 3.35. The molecule has 2 N–H and O–H groups in total. The lowest BCUT2D eigenvalue weighted by Gasteiger charge is -2.09. The van der Waals surface area contributed by atoms with E-state index in [1.807, 2.05) is 0 Å². The maximum absolute atomic E-state index is 13.7. The lowest BCUT2D eigenvalue weighted by Crippen LogP contribution is -2.15. The van der Waals surface area contributed by atoms with Gasteiger partial charge in [0.2, 0.25) is 5.91 Å². The van der Waals surface area contributed by atoms with Crippen LogP contribution in [0, 0.1) is 11.7 Å². The first-order valence-corrected chi connectivity index (χ1v) is 7.58. The number of benzene rings is 2. The van der Waals surface area contributed by atoms with Gasteiger partial charge in [0.15, 0.2) is 0 Å². The minimum atomic E-state index is -0.607. The molecule has 6 heteroatoms. The van der Waals surface area contributed by atoms with Crippen LogP contribution in [-0.4, -0.2) is 11.8 Å². The molecule has 0 atom stereocenters. The molecule has 0 heterocycles. The molecule has 2 aromatic carbocycles. The summed E-state index contributed by atoms with van der Waals surface area (Å²) in [6.07, 6.45) is 1.81. The molecule has 3 rings (SSSR count). The zero-order valence-corrected chi connectivity index (χ0v) is 12.9. The SMILES string of the molecule is O=C(Nc1ccc(Cl)cc1F)c1cccc(NC(=O)C2CC2)c1. The smallest absolute Gasteiger partial charge is 0.255 e.